The fourth-order valence-electron chi connectivity index (χ4n) is 1.27. The van der Waals surface area contributed by atoms with Crippen molar-refractivity contribution in [3.8, 4) is 11.8 Å². The van der Waals surface area contributed by atoms with Gasteiger partial charge in [0.2, 0.25) is 0 Å². The number of aliphatic carboxylic acids is 1. The Hall–Kier alpha value is -2.35. The van der Waals surface area contributed by atoms with Crippen LogP contribution in [0.2, 0.25) is 0 Å². The lowest BCUT2D eigenvalue weighted by atomic mass is 10.1. The SMILES string of the molecule is CCC(C#N)Oc1ccc(F)cc1/C=C/C(=O)O. The van der Waals surface area contributed by atoms with Crippen LogP contribution in [-0.4, -0.2) is 17.2 Å². The molecule has 1 aromatic rings. The molecule has 0 aliphatic heterocycles. The van der Waals surface area contributed by atoms with Gasteiger partial charge in [0.1, 0.15) is 17.6 Å². The third-order valence-electron chi connectivity index (χ3n) is 2.16. The number of ether oxygens (including phenoxy) is 1. The van der Waals surface area contributed by atoms with Crippen molar-refractivity contribution in [1.29, 1.82) is 5.26 Å². The molecule has 0 spiro atoms. The predicted octanol–water partition coefficient (Wildman–Crippen LogP) is 2.60. The molecule has 94 valence electrons. The highest BCUT2D eigenvalue weighted by atomic mass is 19.1. The predicted molar refractivity (Wildman–Crippen MR) is 63.4 cm³/mol. The highest BCUT2D eigenvalue weighted by Gasteiger charge is 2.09. The van der Waals surface area contributed by atoms with Gasteiger partial charge >= 0.3 is 5.97 Å². The maximum Gasteiger partial charge on any atom is 0.328 e. The minimum Gasteiger partial charge on any atom is -0.478 e. The number of nitrogens with zero attached hydrogens (tertiary/aromatic N) is 1. The van der Waals surface area contributed by atoms with Gasteiger partial charge < -0.3 is 9.84 Å². The highest BCUT2D eigenvalue weighted by Crippen LogP contribution is 2.23. The van der Waals surface area contributed by atoms with Gasteiger partial charge in [0.15, 0.2) is 6.10 Å². The van der Waals surface area contributed by atoms with E-state index in [9.17, 15) is 9.18 Å². The van der Waals surface area contributed by atoms with Crippen molar-refractivity contribution in [3.63, 3.8) is 0 Å². The second-order valence-electron chi connectivity index (χ2n) is 3.50. The average molecular weight is 249 g/mol. The van der Waals surface area contributed by atoms with Gasteiger partial charge in [-0.1, -0.05) is 6.92 Å². The van der Waals surface area contributed by atoms with Crippen LogP contribution in [0.15, 0.2) is 24.3 Å². The van der Waals surface area contributed by atoms with Crippen LogP contribution >= 0.6 is 0 Å². The van der Waals surface area contributed by atoms with E-state index in [4.69, 9.17) is 15.1 Å². The molecule has 0 aliphatic carbocycles. The third kappa shape index (κ3) is 3.91. The fraction of sp³-hybridized carbons (Fsp3) is 0.231. The van der Waals surface area contributed by atoms with E-state index in [0.29, 0.717) is 6.42 Å². The molecule has 5 heteroatoms. The summed E-state index contributed by atoms with van der Waals surface area (Å²) >= 11 is 0. The summed E-state index contributed by atoms with van der Waals surface area (Å²) in [6.07, 6.45) is 1.95. The number of benzene rings is 1. The summed E-state index contributed by atoms with van der Waals surface area (Å²) in [7, 11) is 0. The van der Waals surface area contributed by atoms with E-state index in [-0.39, 0.29) is 11.3 Å². The molecule has 0 radical (unpaired) electrons. The van der Waals surface area contributed by atoms with E-state index < -0.39 is 17.9 Å². The van der Waals surface area contributed by atoms with E-state index in [2.05, 4.69) is 0 Å². The smallest absolute Gasteiger partial charge is 0.328 e. The van der Waals surface area contributed by atoms with Crippen LogP contribution in [0.4, 0.5) is 4.39 Å². The van der Waals surface area contributed by atoms with Gasteiger partial charge in [-0.15, -0.1) is 0 Å². The summed E-state index contributed by atoms with van der Waals surface area (Å²) in [5, 5.41) is 17.3. The van der Waals surface area contributed by atoms with Gasteiger partial charge in [-0.2, -0.15) is 5.26 Å². The van der Waals surface area contributed by atoms with E-state index in [0.717, 1.165) is 12.1 Å². The lowest BCUT2D eigenvalue weighted by Crippen LogP contribution is -2.12. The molecule has 0 aromatic heterocycles. The Balaban J connectivity index is 3.04. The number of carbonyl (C=O) groups is 1. The molecular weight excluding hydrogens is 237 g/mol. The van der Waals surface area contributed by atoms with Crippen LogP contribution in [0, 0.1) is 17.1 Å². The summed E-state index contributed by atoms with van der Waals surface area (Å²) in [4.78, 5) is 10.4. The van der Waals surface area contributed by atoms with Gasteiger partial charge in [-0.25, -0.2) is 9.18 Å². The van der Waals surface area contributed by atoms with Crippen molar-refractivity contribution < 1.29 is 19.0 Å². The Kier molecular flexibility index (Phi) is 4.88. The molecule has 1 aromatic carbocycles. The van der Waals surface area contributed by atoms with Gasteiger partial charge in [0, 0.05) is 11.6 Å². The topological polar surface area (TPSA) is 70.3 Å². The molecule has 0 bridgehead atoms. The second-order valence-corrected chi connectivity index (χ2v) is 3.50. The molecule has 0 saturated heterocycles. The number of hydrogen-bond donors (Lipinski definition) is 1. The molecule has 18 heavy (non-hydrogen) atoms. The normalized spacial score (nSPS) is 12.1. The standard InChI is InChI=1S/C13H12FNO3/c1-2-11(8-15)18-12-5-4-10(14)7-9(12)3-6-13(16)17/h3-7,11H,2H2,1H3,(H,16,17)/b6-3+. The molecule has 0 heterocycles. The van der Waals surface area contributed by atoms with Crippen LogP contribution in [-0.2, 0) is 4.79 Å². The summed E-state index contributed by atoms with van der Waals surface area (Å²) in [5.74, 6) is -1.36. The van der Waals surface area contributed by atoms with E-state index in [1.54, 1.807) is 6.92 Å². The average Bonchev–Trinajstić information content (AvgIpc) is 2.35. The lowest BCUT2D eigenvalue weighted by Gasteiger charge is -2.12. The minimum atomic E-state index is -1.14. The Morgan fingerprint density at radius 3 is 2.94 bits per heavy atom. The molecular formula is C13H12FNO3. The Morgan fingerprint density at radius 1 is 1.67 bits per heavy atom. The molecule has 0 aliphatic rings. The summed E-state index contributed by atoms with van der Waals surface area (Å²) in [6.45, 7) is 1.78. The zero-order valence-corrected chi connectivity index (χ0v) is 9.76. The quantitative estimate of drug-likeness (QED) is 0.814. The van der Waals surface area contributed by atoms with Crippen molar-refractivity contribution in [2.45, 2.75) is 19.4 Å². The molecule has 0 fully saturated rings. The molecule has 1 unspecified atom stereocenters. The first-order valence-electron chi connectivity index (χ1n) is 5.33. The van der Waals surface area contributed by atoms with Gasteiger partial charge in [0.25, 0.3) is 0 Å². The maximum absolute atomic E-state index is 13.1. The highest BCUT2D eigenvalue weighted by molar-refractivity contribution is 5.85. The van der Waals surface area contributed by atoms with Gasteiger partial charge in [0.05, 0.1) is 0 Å². The van der Waals surface area contributed by atoms with Crippen molar-refractivity contribution in [2.24, 2.45) is 0 Å². The van der Waals surface area contributed by atoms with Gasteiger partial charge in [-0.3, -0.25) is 0 Å². The maximum atomic E-state index is 13.1. The number of carboxylic acid groups (broad SMARTS) is 1. The van der Waals surface area contributed by atoms with Crippen LogP contribution in [0.3, 0.4) is 0 Å². The molecule has 1 N–H and O–H groups in total. The molecule has 1 rings (SSSR count). The van der Waals surface area contributed by atoms with Crippen LogP contribution < -0.4 is 4.74 Å². The summed E-state index contributed by atoms with van der Waals surface area (Å²) < 4.78 is 18.4. The van der Waals surface area contributed by atoms with Crippen LogP contribution in [0.1, 0.15) is 18.9 Å². The number of carboxylic acids is 1. The largest absolute Gasteiger partial charge is 0.478 e. The van der Waals surface area contributed by atoms with Crippen molar-refractivity contribution in [1.82, 2.24) is 0 Å². The number of nitriles is 1. The Bertz CT molecular complexity index is 505. The molecule has 4 nitrogen and oxygen atoms in total. The van der Waals surface area contributed by atoms with E-state index in [1.165, 1.54) is 18.2 Å². The monoisotopic (exact) mass is 249 g/mol. The number of hydrogen-bond acceptors (Lipinski definition) is 3. The zero-order chi connectivity index (χ0) is 13.5. The lowest BCUT2D eigenvalue weighted by molar-refractivity contribution is -0.131. The van der Waals surface area contributed by atoms with Crippen molar-refractivity contribution >= 4 is 12.0 Å². The van der Waals surface area contributed by atoms with Crippen LogP contribution in [0.25, 0.3) is 6.08 Å². The molecule has 0 amide bonds. The summed E-state index contributed by atoms with van der Waals surface area (Å²) in [6, 6.07) is 5.67. The Morgan fingerprint density at radius 2 is 2.39 bits per heavy atom. The van der Waals surface area contributed by atoms with Crippen molar-refractivity contribution in [3.05, 3.63) is 35.7 Å². The van der Waals surface area contributed by atoms with E-state index >= 15 is 0 Å². The third-order valence-corrected chi connectivity index (χ3v) is 2.16. The van der Waals surface area contributed by atoms with Crippen LogP contribution in [0.5, 0.6) is 5.75 Å². The zero-order valence-electron chi connectivity index (χ0n) is 9.76. The second kappa shape index (κ2) is 6.40. The first kappa shape index (κ1) is 13.7. The number of halogens is 1. The number of rotatable bonds is 5. The molecule has 1 atom stereocenters. The minimum absolute atomic E-state index is 0.280. The fourth-order valence-corrected chi connectivity index (χ4v) is 1.27. The Labute approximate surface area is 104 Å². The summed E-state index contributed by atoms with van der Waals surface area (Å²) in [5.41, 5.74) is 0.283. The first-order valence-corrected chi connectivity index (χ1v) is 5.33. The van der Waals surface area contributed by atoms with Gasteiger partial charge in [-0.05, 0) is 30.7 Å². The van der Waals surface area contributed by atoms with E-state index in [1.807, 2.05) is 6.07 Å². The first-order chi connectivity index (χ1) is 8.56. The molecule has 0 saturated carbocycles. The van der Waals surface area contributed by atoms with Crippen molar-refractivity contribution in [2.75, 3.05) is 0 Å².